The highest BCUT2D eigenvalue weighted by molar-refractivity contribution is 7.18. The van der Waals surface area contributed by atoms with E-state index in [-0.39, 0.29) is 80.9 Å². The fraction of sp³-hybridized carbons (Fsp3) is 0.448. The molecule has 0 radical (unpaired) electrons. The Hall–Kier alpha value is -3.83. The maximum absolute atomic E-state index is 15.2. The molecule has 3 heterocycles. The molecular weight excluding hydrogens is 684 g/mol. The molecule has 2 aliphatic heterocycles. The van der Waals surface area contributed by atoms with Crippen LogP contribution in [0.1, 0.15) is 41.8 Å². The average molecular weight is 719 g/mol. The first kappa shape index (κ1) is 37.6. The van der Waals surface area contributed by atoms with Crippen LogP contribution < -0.4 is 20.9 Å². The summed E-state index contributed by atoms with van der Waals surface area (Å²) < 4.78 is 26.1. The predicted octanol–water partition coefficient (Wildman–Crippen LogP) is 2.80. The van der Waals surface area contributed by atoms with Gasteiger partial charge in [0, 0.05) is 25.1 Å². The van der Waals surface area contributed by atoms with Crippen molar-refractivity contribution in [3.05, 3.63) is 45.4 Å². The SMILES string of the molecule is Cl.NC(=O)CC[C@H](NCCCCC(=O)N(C[C@H]1CN(c2ccc(N3CCOCC3=O)cc2F)C(=O)O1)C(=O)c1ccc(Cl)s1)C(=O)O. The number of nitrogens with one attached hydrogen (secondary N) is 1. The third-order valence-electron chi connectivity index (χ3n) is 7.30. The number of carboxylic acid groups (broad SMARTS) is 1. The number of morpholine rings is 1. The van der Waals surface area contributed by atoms with Crippen LogP contribution in [-0.4, -0.2) is 97.2 Å². The van der Waals surface area contributed by atoms with Gasteiger partial charge in [-0.05, 0) is 56.1 Å². The number of primary amides is 1. The van der Waals surface area contributed by atoms with Crippen molar-refractivity contribution in [2.24, 2.45) is 5.73 Å². The van der Waals surface area contributed by atoms with E-state index in [1.54, 1.807) is 0 Å². The zero-order valence-electron chi connectivity index (χ0n) is 25.0. The molecule has 5 amide bonds. The molecule has 0 unspecified atom stereocenters. The highest BCUT2D eigenvalue weighted by Crippen LogP contribution is 2.30. The van der Waals surface area contributed by atoms with Crippen molar-refractivity contribution in [3.8, 4) is 0 Å². The van der Waals surface area contributed by atoms with Crippen LogP contribution in [0.15, 0.2) is 30.3 Å². The molecule has 0 saturated carbocycles. The van der Waals surface area contributed by atoms with E-state index >= 15 is 4.39 Å². The summed E-state index contributed by atoms with van der Waals surface area (Å²) in [6.45, 7) is 0.228. The van der Waals surface area contributed by atoms with Gasteiger partial charge in [-0.3, -0.25) is 33.8 Å². The molecule has 47 heavy (non-hydrogen) atoms. The average Bonchev–Trinajstić information content (AvgIpc) is 3.61. The lowest BCUT2D eigenvalue weighted by Gasteiger charge is -2.27. The van der Waals surface area contributed by atoms with Crippen molar-refractivity contribution >= 4 is 82.4 Å². The van der Waals surface area contributed by atoms with Crippen molar-refractivity contribution in [2.75, 3.05) is 49.2 Å². The molecule has 4 N–H and O–H groups in total. The predicted molar refractivity (Wildman–Crippen MR) is 172 cm³/mol. The van der Waals surface area contributed by atoms with Gasteiger partial charge in [0.2, 0.25) is 11.8 Å². The first-order valence-corrected chi connectivity index (χ1v) is 15.6. The van der Waals surface area contributed by atoms with E-state index in [0.717, 1.165) is 27.2 Å². The number of carbonyl (C=O) groups excluding carboxylic acids is 5. The quantitative estimate of drug-likeness (QED) is 0.231. The topological polar surface area (TPSA) is 189 Å². The van der Waals surface area contributed by atoms with Crippen LogP contribution in [0.4, 0.5) is 20.6 Å². The number of cyclic esters (lactones) is 1. The van der Waals surface area contributed by atoms with Gasteiger partial charge in [0.1, 0.15) is 24.6 Å². The maximum Gasteiger partial charge on any atom is 0.414 e. The number of ether oxygens (including phenoxy) is 2. The summed E-state index contributed by atoms with van der Waals surface area (Å²) in [7, 11) is 0. The number of benzene rings is 1. The molecule has 0 spiro atoms. The molecule has 0 bridgehead atoms. The highest BCUT2D eigenvalue weighted by atomic mass is 35.5. The minimum absolute atomic E-state index is 0. The van der Waals surface area contributed by atoms with E-state index in [1.165, 1.54) is 29.2 Å². The number of carboxylic acids is 1. The second-order valence-electron chi connectivity index (χ2n) is 10.6. The van der Waals surface area contributed by atoms with Crippen molar-refractivity contribution < 1.29 is 47.7 Å². The number of halogens is 3. The lowest BCUT2D eigenvalue weighted by Crippen LogP contribution is -2.43. The Kier molecular flexibility index (Phi) is 13.9. The molecule has 2 fully saturated rings. The summed E-state index contributed by atoms with van der Waals surface area (Å²) in [6, 6.07) is 6.01. The minimum atomic E-state index is -1.13. The van der Waals surface area contributed by atoms with Gasteiger partial charge in [0.25, 0.3) is 11.8 Å². The number of hydrogen-bond donors (Lipinski definition) is 3. The van der Waals surface area contributed by atoms with E-state index < -0.39 is 47.7 Å². The Labute approximate surface area is 284 Å². The zero-order chi connectivity index (χ0) is 33.4. The van der Waals surface area contributed by atoms with Gasteiger partial charge >= 0.3 is 12.1 Å². The van der Waals surface area contributed by atoms with Crippen LogP contribution in [0.3, 0.4) is 0 Å². The summed E-state index contributed by atoms with van der Waals surface area (Å²) >= 11 is 6.98. The van der Waals surface area contributed by atoms with Gasteiger partial charge in [-0.2, -0.15) is 0 Å². The molecule has 2 aromatic rings. The van der Waals surface area contributed by atoms with Crippen molar-refractivity contribution in [3.63, 3.8) is 0 Å². The van der Waals surface area contributed by atoms with Gasteiger partial charge in [0.05, 0.1) is 34.6 Å². The van der Waals surface area contributed by atoms with Gasteiger partial charge < -0.3 is 30.5 Å². The third kappa shape index (κ3) is 10.1. The molecular formula is C29H34Cl2FN5O9S. The molecule has 14 nitrogen and oxygen atoms in total. The molecule has 2 saturated heterocycles. The van der Waals surface area contributed by atoms with Crippen LogP contribution >= 0.6 is 35.3 Å². The Morgan fingerprint density at radius 2 is 1.91 bits per heavy atom. The van der Waals surface area contributed by atoms with Crippen molar-refractivity contribution in [2.45, 2.75) is 44.2 Å². The fourth-order valence-corrected chi connectivity index (χ4v) is 5.95. The van der Waals surface area contributed by atoms with Gasteiger partial charge in [-0.1, -0.05) is 11.6 Å². The van der Waals surface area contributed by atoms with Crippen LogP contribution in [0, 0.1) is 5.82 Å². The molecule has 256 valence electrons. The summed E-state index contributed by atoms with van der Waals surface area (Å²) in [4.78, 5) is 77.6. The molecule has 4 rings (SSSR count). The molecule has 0 aliphatic carbocycles. The van der Waals surface area contributed by atoms with E-state index in [1.807, 2.05) is 0 Å². The summed E-state index contributed by atoms with van der Waals surface area (Å²) in [5.74, 6) is -4.03. The molecule has 1 aromatic heterocycles. The minimum Gasteiger partial charge on any atom is -0.480 e. The molecule has 18 heteroatoms. The van der Waals surface area contributed by atoms with E-state index in [2.05, 4.69) is 5.32 Å². The standard InChI is InChI=1S/C29H33ClFN5O9S.ClH/c30-23-8-7-22(46-23)27(40)36(25(38)3-1-2-10-33-20(28(41)42)5-9-24(32)37)15-18-14-35(29(43)45-18)21-6-4-17(13-19(21)31)34-11-12-44-16-26(34)39;/h4,6-8,13,18,20,33H,1-3,5,9-12,14-16H2,(H2,32,37)(H,41,42);1H/t18-,20+;/m1./s1. The lowest BCUT2D eigenvalue weighted by molar-refractivity contribution is -0.139. The van der Waals surface area contributed by atoms with E-state index in [0.29, 0.717) is 29.5 Å². The number of rotatable bonds is 15. The number of thiophene rings is 1. The second-order valence-corrected chi connectivity index (χ2v) is 12.3. The van der Waals surface area contributed by atoms with Gasteiger partial charge in [-0.25, -0.2) is 9.18 Å². The molecule has 2 aliphatic rings. The van der Waals surface area contributed by atoms with Crippen LogP contribution in [-0.2, 0) is 28.7 Å². The molecule has 1 aromatic carbocycles. The van der Waals surface area contributed by atoms with Crippen LogP contribution in [0.5, 0.6) is 0 Å². The Bertz CT molecular complexity index is 1500. The van der Waals surface area contributed by atoms with E-state index in [9.17, 15) is 33.9 Å². The third-order valence-corrected chi connectivity index (χ3v) is 8.51. The van der Waals surface area contributed by atoms with Crippen LogP contribution in [0.2, 0.25) is 4.34 Å². The largest absolute Gasteiger partial charge is 0.480 e. The number of aliphatic carboxylic acids is 1. The molecule has 2 atom stereocenters. The Morgan fingerprint density at radius 3 is 2.55 bits per heavy atom. The number of amides is 5. The smallest absolute Gasteiger partial charge is 0.414 e. The van der Waals surface area contributed by atoms with Crippen molar-refractivity contribution in [1.29, 1.82) is 0 Å². The maximum atomic E-state index is 15.2. The first-order chi connectivity index (χ1) is 21.9. The van der Waals surface area contributed by atoms with Gasteiger partial charge in [0.15, 0.2) is 0 Å². The summed E-state index contributed by atoms with van der Waals surface area (Å²) in [6.07, 6.45) is -1.31. The Morgan fingerprint density at radius 1 is 1.15 bits per heavy atom. The monoisotopic (exact) mass is 717 g/mol. The van der Waals surface area contributed by atoms with Crippen LogP contribution in [0.25, 0.3) is 0 Å². The number of imide groups is 1. The van der Waals surface area contributed by atoms with Crippen molar-refractivity contribution in [1.82, 2.24) is 10.2 Å². The zero-order valence-corrected chi connectivity index (χ0v) is 27.4. The summed E-state index contributed by atoms with van der Waals surface area (Å²) in [5, 5.41) is 12.1. The first-order valence-electron chi connectivity index (χ1n) is 14.4. The van der Waals surface area contributed by atoms with Gasteiger partial charge in [-0.15, -0.1) is 23.7 Å². The number of anilines is 2. The normalized spacial score (nSPS) is 16.8. The second kappa shape index (κ2) is 17.4. The lowest BCUT2D eigenvalue weighted by atomic mass is 10.1. The summed E-state index contributed by atoms with van der Waals surface area (Å²) in [5.41, 5.74) is 5.32. The number of carbonyl (C=O) groups is 6. The van der Waals surface area contributed by atoms with E-state index in [4.69, 9.17) is 26.8 Å². The number of nitrogens with two attached hydrogens (primary N) is 1. The Balaban J connectivity index is 0.00000600. The number of nitrogens with zero attached hydrogens (tertiary/aromatic N) is 3. The fourth-order valence-electron chi connectivity index (χ4n) is 4.96. The number of hydrogen-bond acceptors (Lipinski definition) is 10. The number of unbranched alkanes of at least 4 members (excludes halogenated alkanes) is 1. The highest BCUT2D eigenvalue weighted by Gasteiger charge is 2.38.